The van der Waals surface area contributed by atoms with Crippen LogP contribution in [0.5, 0.6) is 0 Å². The van der Waals surface area contributed by atoms with Crippen molar-refractivity contribution in [2.24, 2.45) is 5.92 Å². The van der Waals surface area contributed by atoms with Crippen LogP contribution in [-0.2, 0) is 19.1 Å². The first-order chi connectivity index (χ1) is 16.6. The first-order valence-electron chi connectivity index (χ1n) is 12.8. The molecule has 2 aliphatic heterocycles. The lowest BCUT2D eigenvalue weighted by molar-refractivity contribution is -0.170. The molecule has 2 saturated heterocycles. The maximum atomic E-state index is 13.1. The third-order valence-corrected chi connectivity index (χ3v) is 6.86. The third-order valence-electron chi connectivity index (χ3n) is 6.86. The monoisotopic (exact) mass is 484 g/mol. The molecule has 1 aromatic carbocycles. The summed E-state index contributed by atoms with van der Waals surface area (Å²) >= 11 is 0. The Morgan fingerprint density at radius 2 is 1.63 bits per heavy atom. The highest BCUT2D eigenvalue weighted by Crippen LogP contribution is 2.26. The van der Waals surface area contributed by atoms with Crippen molar-refractivity contribution in [1.82, 2.24) is 9.80 Å². The lowest BCUT2D eigenvalue weighted by Gasteiger charge is -2.45. The summed E-state index contributed by atoms with van der Waals surface area (Å²) in [7, 11) is 0. The molecule has 3 rings (SSSR count). The number of piperazine rings is 1. The van der Waals surface area contributed by atoms with Crippen molar-refractivity contribution >= 4 is 17.6 Å². The fraction of sp³-hybridized carbons (Fsp3) is 0.667. The van der Waals surface area contributed by atoms with Crippen LogP contribution in [0.3, 0.4) is 0 Å². The van der Waals surface area contributed by atoms with Crippen molar-refractivity contribution in [2.75, 3.05) is 50.8 Å². The van der Waals surface area contributed by atoms with E-state index in [2.05, 4.69) is 20.8 Å². The zero-order valence-electron chi connectivity index (χ0n) is 21.8. The Morgan fingerprint density at radius 1 is 1.03 bits per heavy atom. The van der Waals surface area contributed by atoms with E-state index in [-0.39, 0.29) is 11.9 Å². The topological polar surface area (TPSA) is 86.1 Å². The number of benzene rings is 1. The molecule has 0 saturated carbocycles. The zero-order chi connectivity index (χ0) is 25.6. The molecular formula is C27H40N4O4. The van der Waals surface area contributed by atoms with Crippen LogP contribution in [0.1, 0.15) is 53.0 Å². The van der Waals surface area contributed by atoms with Crippen LogP contribution in [0.15, 0.2) is 24.3 Å². The van der Waals surface area contributed by atoms with E-state index in [0.29, 0.717) is 18.2 Å². The van der Waals surface area contributed by atoms with Crippen molar-refractivity contribution in [3.8, 4) is 6.07 Å². The van der Waals surface area contributed by atoms with E-state index in [9.17, 15) is 9.59 Å². The van der Waals surface area contributed by atoms with Crippen LogP contribution >= 0.6 is 0 Å². The first kappa shape index (κ1) is 27.0. The molecule has 192 valence electrons. The van der Waals surface area contributed by atoms with Crippen LogP contribution in [0, 0.1) is 17.2 Å². The fourth-order valence-electron chi connectivity index (χ4n) is 5.06. The van der Waals surface area contributed by atoms with Gasteiger partial charge in [-0.3, -0.25) is 19.4 Å². The Bertz CT molecular complexity index is 889. The summed E-state index contributed by atoms with van der Waals surface area (Å²) < 4.78 is 10.9. The molecule has 8 heteroatoms. The minimum atomic E-state index is -0.637. The van der Waals surface area contributed by atoms with Crippen LogP contribution in [-0.4, -0.2) is 85.3 Å². The SMILES string of the molecule is CCOC(=O)C(C)C(C(=O)OC(C)(C)C)N1CCC(N2CCN(c3ccc(C#N)cc3)CC2)CC1. The number of nitriles is 1. The van der Waals surface area contributed by atoms with E-state index in [1.165, 1.54) is 0 Å². The van der Waals surface area contributed by atoms with E-state index < -0.39 is 17.6 Å². The lowest BCUT2D eigenvalue weighted by Crippen LogP contribution is -2.57. The summed E-state index contributed by atoms with van der Waals surface area (Å²) in [4.78, 5) is 32.6. The second-order valence-electron chi connectivity index (χ2n) is 10.5. The van der Waals surface area contributed by atoms with Crippen molar-refractivity contribution in [2.45, 2.75) is 65.1 Å². The molecule has 2 fully saturated rings. The zero-order valence-corrected chi connectivity index (χ0v) is 21.8. The summed E-state index contributed by atoms with van der Waals surface area (Å²) in [6.07, 6.45) is 1.90. The molecule has 1 aromatic rings. The number of rotatable bonds is 7. The molecule has 0 N–H and O–H groups in total. The maximum Gasteiger partial charge on any atom is 0.324 e. The minimum absolute atomic E-state index is 0.292. The van der Waals surface area contributed by atoms with Crippen molar-refractivity contribution in [3.63, 3.8) is 0 Å². The van der Waals surface area contributed by atoms with Gasteiger partial charge in [-0.15, -0.1) is 0 Å². The highest BCUT2D eigenvalue weighted by Gasteiger charge is 2.41. The first-order valence-corrected chi connectivity index (χ1v) is 12.8. The molecule has 0 amide bonds. The maximum absolute atomic E-state index is 13.1. The number of carbonyl (C=O) groups excluding carboxylic acids is 2. The minimum Gasteiger partial charge on any atom is -0.466 e. The number of anilines is 1. The Balaban J connectivity index is 1.57. The van der Waals surface area contributed by atoms with E-state index in [4.69, 9.17) is 14.7 Å². The molecule has 8 nitrogen and oxygen atoms in total. The van der Waals surface area contributed by atoms with Crippen molar-refractivity contribution < 1.29 is 19.1 Å². The summed E-state index contributed by atoms with van der Waals surface area (Å²) in [5, 5.41) is 9.01. The van der Waals surface area contributed by atoms with Gasteiger partial charge in [0.25, 0.3) is 0 Å². The lowest BCUT2D eigenvalue weighted by atomic mass is 9.95. The second kappa shape index (κ2) is 11.9. The molecule has 2 atom stereocenters. The molecule has 2 heterocycles. The Morgan fingerprint density at radius 3 is 2.14 bits per heavy atom. The van der Waals surface area contributed by atoms with Gasteiger partial charge in [-0.2, -0.15) is 5.26 Å². The van der Waals surface area contributed by atoms with E-state index in [1.54, 1.807) is 13.8 Å². The van der Waals surface area contributed by atoms with Crippen molar-refractivity contribution in [3.05, 3.63) is 29.8 Å². The Labute approximate surface area is 209 Å². The predicted molar refractivity (Wildman–Crippen MR) is 135 cm³/mol. The molecule has 2 aliphatic rings. The summed E-state index contributed by atoms with van der Waals surface area (Å²) in [6, 6.07) is 9.78. The normalized spacial score (nSPS) is 20.1. The number of carbonyl (C=O) groups is 2. The molecule has 2 unspecified atom stereocenters. The average molecular weight is 485 g/mol. The van der Waals surface area contributed by atoms with Crippen LogP contribution < -0.4 is 4.90 Å². The number of ether oxygens (including phenoxy) is 2. The Kier molecular flexibility index (Phi) is 9.15. The van der Waals surface area contributed by atoms with E-state index in [1.807, 2.05) is 45.0 Å². The Hall–Kier alpha value is -2.63. The highest BCUT2D eigenvalue weighted by molar-refractivity contribution is 5.84. The molecule has 35 heavy (non-hydrogen) atoms. The number of hydrogen-bond acceptors (Lipinski definition) is 8. The molecule has 0 spiro atoms. The van der Waals surface area contributed by atoms with Crippen LogP contribution in [0.2, 0.25) is 0 Å². The third kappa shape index (κ3) is 7.18. The van der Waals surface area contributed by atoms with Crippen LogP contribution in [0.4, 0.5) is 5.69 Å². The number of esters is 2. The molecular weight excluding hydrogens is 444 g/mol. The highest BCUT2D eigenvalue weighted by atomic mass is 16.6. The van der Waals surface area contributed by atoms with Gasteiger partial charge in [0, 0.05) is 51.0 Å². The quantitative estimate of drug-likeness (QED) is 0.546. The van der Waals surface area contributed by atoms with Crippen molar-refractivity contribution in [1.29, 1.82) is 5.26 Å². The van der Waals surface area contributed by atoms with Crippen LogP contribution in [0.25, 0.3) is 0 Å². The summed E-state index contributed by atoms with van der Waals surface area (Å²) in [5.74, 6) is -1.30. The van der Waals surface area contributed by atoms with Gasteiger partial charge in [-0.25, -0.2) is 0 Å². The summed E-state index contributed by atoms with van der Waals surface area (Å²) in [5.41, 5.74) is 1.23. The number of likely N-dealkylation sites (tertiary alicyclic amines) is 1. The van der Waals surface area contributed by atoms with Gasteiger partial charge >= 0.3 is 11.9 Å². The van der Waals surface area contributed by atoms with E-state index in [0.717, 1.165) is 57.8 Å². The fourth-order valence-corrected chi connectivity index (χ4v) is 5.06. The van der Waals surface area contributed by atoms with Gasteiger partial charge in [-0.1, -0.05) is 0 Å². The molecule has 0 aliphatic carbocycles. The number of nitrogens with zero attached hydrogens (tertiary/aromatic N) is 4. The summed E-state index contributed by atoms with van der Waals surface area (Å²) in [6.45, 7) is 14.7. The largest absolute Gasteiger partial charge is 0.466 e. The van der Waals surface area contributed by atoms with Gasteiger partial charge in [0.05, 0.1) is 24.2 Å². The number of hydrogen-bond donors (Lipinski definition) is 0. The number of piperidine rings is 1. The molecule has 0 radical (unpaired) electrons. The van der Waals surface area contributed by atoms with Gasteiger partial charge < -0.3 is 14.4 Å². The smallest absolute Gasteiger partial charge is 0.324 e. The van der Waals surface area contributed by atoms with E-state index >= 15 is 0 Å². The predicted octanol–water partition coefficient (Wildman–Crippen LogP) is 3.05. The van der Waals surface area contributed by atoms with Gasteiger partial charge in [0.2, 0.25) is 0 Å². The second-order valence-corrected chi connectivity index (χ2v) is 10.5. The van der Waals surface area contributed by atoms with Gasteiger partial charge in [0.15, 0.2) is 0 Å². The van der Waals surface area contributed by atoms with Gasteiger partial charge in [-0.05, 0) is 71.7 Å². The van der Waals surface area contributed by atoms with Gasteiger partial charge in [0.1, 0.15) is 11.6 Å². The standard InChI is InChI=1S/C27H40N4O4/c1-6-34-25(32)20(2)24(26(33)35-27(3,4)5)31-13-11-23(12-14-31)30-17-15-29(16-18-30)22-9-7-21(19-28)8-10-22/h7-10,20,23-24H,6,11-18H2,1-5H3. The molecule has 0 aromatic heterocycles. The average Bonchev–Trinajstić information content (AvgIpc) is 2.84. The molecule has 0 bridgehead atoms.